The van der Waals surface area contributed by atoms with Gasteiger partial charge in [-0.15, -0.1) is 0 Å². The lowest BCUT2D eigenvalue weighted by atomic mass is 9.83. The van der Waals surface area contributed by atoms with Crippen LogP contribution in [0.4, 0.5) is 4.79 Å². The zero-order valence-electron chi connectivity index (χ0n) is 11.6. The van der Waals surface area contributed by atoms with E-state index in [4.69, 9.17) is 16.3 Å². The first-order chi connectivity index (χ1) is 8.27. The summed E-state index contributed by atoms with van der Waals surface area (Å²) in [6.07, 6.45) is 0. The summed E-state index contributed by atoms with van der Waals surface area (Å²) in [4.78, 5) is 10.8. The fraction of sp³-hybridized carbons (Fsp3) is 0.500. The van der Waals surface area contributed by atoms with Gasteiger partial charge in [-0.3, -0.25) is 4.79 Å². The highest BCUT2D eigenvalue weighted by Gasteiger charge is 2.22. The lowest BCUT2D eigenvalue weighted by molar-refractivity contribution is 0.257. The number of carbonyl (C=O) groups excluding carboxylic acids is 1. The summed E-state index contributed by atoms with van der Waals surface area (Å²) >= 11 is 5.31. The summed E-state index contributed by atoms with van der Waals surface area (Å²) in [7, 11) is 1.67. The topological polar surface area (TPSA) is 38.3 Å². The van der Waals surface area contributed by atoms with Crippen LogP contribution in [-0.2, 0) is 5.41 Å². The summed E-state index contributed by atoms with van der Waals surface area (Å²) in [5.74, 6) is 0.913. The first kappa shape index (κ1) is 14.8. The molecule has 0 radical (unpaired) electrons. The maximum atomic E-state index is 10.8. The Hall–Kier alpha value is -1.22. The van der Waals surface area contributed by atoms with Crippen LogP contribution in [0.25, 0.3) is 0 Å². The van der Waals surface area contributed by atoms with Crippen LogP contribution >= 0.6 is 11.6 Å². The Balaban J connectivity index is 3.05. The van der Waals surface area contributed by atoms with Crippen molar-refractivity contribution in [3.63, 3.8) is 0 Å². The Labute approximate surface area is 113 Å². The molecule has 0 bridgehead atoms. The Kier molecular flexibility index (Phi) is 4.63. The monoisotopic (exact) mass is 269 g/mol. The van der Waals surface area contributed by atoms with Crippen molar-refractivity contribution >= 4 is 17.0 Å². The van der Waals surface area contributed by atoms with Crippen molar-refractivity contribution in [3.05, 3.63) is 28.8 Å². The summed E-state index contributed by atoms with van der Waals surface area (Å²) in [6, 6.07) is 4.18. The Morgan fingerprint density at radius 2 is 1.83 bits per heavy atom. The minimum atomic E-state index is -0.523. The van der Waals surface area contributed by atoms with Crippen LogP contribution in [0.5, 0.6) is 5.75 Å². The number of benzene rings is 1. The molecule has 0 saturated heterocycles. The van der Waals surface area contributed by atoms with Crippen molar-refractivity contribution < 1.29 is 9.53 Å². The summed E-state index contributed by atoms with van der Waals surface area (Å²) < 4.78 is 5.35. The molecule has 0 unspecified atom stereocenters. The van der Waals surface area contributed by atoms with Gasteiger partial charge in [0.05, 0.1) is 7.11 Å². The number of methoxy groups -OCH3 is 1. The highest BCUT2D eigenvalue weighted by Crippen LogP contribution is 2.30. The van der Waals surface area contributed by atoms with Gasteiger partial charge in [-0.1, -0.05) is 26.0 Å². The molecule has 1 amide bonds. The standard InChI is InChI=1S/C14H20ClNO2/c1-9-6-11(7-10(2)12(9)18-5)14(3,4)8-16-13(15)17/h6-7H,8H2,1-5H3,(H,16,17). The SMILES string of the molecule is COc1c(C)cc(C(C)(C)CNC(=O)Cl)cc1C. The zero-order chi connectivity index (χ0) is 13.9. The highest BCUT2D eigenvalue weighted by molar-refractivity contribution is 6.62. The lowest BCUT2D eigenvalue weighted by Gasteiger charge is -2.26. The highest BCUT2D eigenvalue weighted by atomic mass is 35.5. The number of aryl methyl sites for hydroxylation is 2. The van der Waals surface area contributed by atoms with Crippen LogP contribution in [-0.4, -0.2) is 19.0 Å². The molecule has 0 aliphatic rings. The lowest BCUT2D eigenvalue weighted by Crippen LogP contribution is -2.34. The van der Waals surface area contributed by atoms with Crippen LogP contribution in [0, 0.1) is 13.8 Å². The molecule has 18 heavy (non-hydrogen) atoms. The van der Waals surface area contributed by atoms with Gasteiger partial charge in [-0.05, 0) is 42.1 Å². The van der Waals surface area contributed by atoms with E-state index < -0.39 is 5.37 Å². The largest absolute Gasteiger partial charge is 0.496 e. The smallest absolute Gasteiger partial charge is 0.313 e. The number of rotatable bonds is 4. The van der Waals surface area contributed by atoms with Crippen LogP contribution < -0.4 is 10.1 Å². The average Bonchev–Trinajstić information content (AvgIpc) is 2.26. The van der Waals surface area contributed by atoms with E-state index in [1.807, 2.05) is 13.8 Å². The van der Waals surface area contributed by atoms with Crippen LogP contribution in [0.3, 0.4) is 0 Å². The van der Waals surface area contributed by atoms with E-state index in [-0.39, 0.29) is 5.41 Å². The van der Waals surface area contributed by atoms with Crippen molar-refractivity contribution in [1.82, 2.24) is 5.32 Å². The van der Waals surface area contributed by atoms with Crippen molar-refractivity contribution in [1.29, 1.82) is 0 Å². The van der Waals surface area contributed by atoms with E-state index in [9.17, 15) is 4.79 Å². The van der Waals surface area contributed by atoms with E-state index in [0.29, 0.717) is 6.54 Å². The van der Waals surface area contributed by atoms with Gasteiger partial charge in [0.1, 0.15) is 5.75 Å². The van der Waals surface area contributed by atoms with E-state index in [1.54, 1.807) is 7.11 Å². The first-order valence-corrected chi connectivity index (χ1v) is 6.25. The van der Waals surface area contributed by atoms with Gasteiger partial charge in [0.15, 0.2) is 0 Å². The van der Waals surface area contributed by atoms with Gasteiger partial charge in [-0.25, -0.2) is 0 Å². The van der Waals surface area contributed by atoms with Crippen LogP contribution in [0.2, 0.25) is 0 Å². The maximum Gasteiger partial charge on any atom is 0.313 e. The molecule has 4 heteroatoms. The Bertz CT molecular complexity index is 432. The molecule has 100 valence electrons. The summed E-state index contributed by atoms with van der Waals surface area (Å²) in [5, 5.41) is 2.12. The average molecular weight is 270 g/mol. The third-order valence-corrected chi connectivity index (χ3v) is 3.25. The molecule has 1 N–H and O–H groups in total. The minimum Gasteiger partial charge on any atom is -0.496 e. The molecule has 1 aromatic rings. The Morgan fingerprint density at radius 1 is 1.33 bits per heavy atom. The van der Waals surface area contributed by atoms with Crippen LogP contribution in [0.15, 0.2) is 12.1 Å². The molecular formula is C14H20ClNO2. The molecule has 3 nitrogen and oxygen atoms in total. The molecule has 0 aromatic heterocycles. The molecular weight excluding hydrogens is 250 g/mol. The quantitative estimate of drug-likeness (QED) is 0.671. The van der Waals surface area contributed by atoms with Gasteiger partial charge in [0.25, 0.3) is 0 Å². The van der Waals surface area contributed by atoms with Gasteiger partial charge in [0, 0.05) is 12.0 Å². The molecule has 0 aliphatic carbocycles. The molecule has 1 aromatic carbocycles. The van der Waals surface area contributed by atoms with Gasteiger partial charge in [0.2, 0.25) is 0 Å². The second kappa shape index (κ2) is 5.61. The van der Waals surface area contributed by atoms with Gasteiger partial charge >= 0.3 is 5.37 Å². The summed E-state index contributed by atoms with van der Waals surface area (Å²) in [6.45, 7) is 8.68. The number of ether oxygens (including phenoxy) is 1. The normalized spacial score (nSPS) is 11.2. The van der Waals surface area contributed by atoms with Gasteiger partial charge in [-0.2, -0.15) is 0 Å². The van der Waals surface area contributed by atoms with Crippen molar-refractivity contribution in [2.45, 2.75) is 33.1 Å². The van der Waals surface area contributed by atoms with E-state index in [1.165, 1.54) is 0 Å². The molecule has 0 aliphatic heterocycles. The molecule has 0 spiro atoms. The predicted octanol–water partition coefficient (Wildman–Crippen LogP) is 3.54. The molecule has 1 rings (SSSR count). The second-order valence-electron chi connectivity index (χ2n) is 5.15. The second-order valence-corrected chi connectivity index (χ2v) is 5.50. The van der Waals surface area contributed by atoms with Crippen LogP contribution in [0.1, 0.15) is 30.5 Å². The molecule has 0 atom stereocenters. The van der Waals surface area contributed by atoms with Crippen molar-refractivity contribution in [2.75, 3.05) is 13.7 Å². The maximum absolute atomic E-state index is 10.8. The van der Waals surface area contributed by atoms with Crippen molar-refractivity contribution in [2.24, 2.45) is 0 Å². The Morgan fingerprint density at radius 3 is 2.22 bits per heavy atom. The molecule has 0 fully saturated rings. The van der Waals surface area contributed by atoms with E-state index in [0.717, 1.165) is 22.4 Å². The zero-order valence-corrected chi connectivity index (χ0v) is 12.3. The fourth-order valence-electron chi connectivity index (χ4n) is 2.06. The number of nitrogens with one attached hydrogen (secondary N) is 1. The number of carbonyl (C=O) groups is 1. The van der Waals surface area contributed by atoms with Gasteiger partial charge < -0.3 is 10.1 Å². The minimum absolute atomic E-state index is 0.174. The predicted molar refractivity (Wildman–Crippen MR) is 74.7 cm³/mol. The number of halogens is 1. The fourth-order valence-corrected chi connectivity index (χ4v) is 2.12. The van der Waals surface area contributed by atoms with E-state index >= 15 is 0 Å². The number of amides is 1. The molecule has 0 saturated carbocycles. The van der Waals surface area contributed by atoms with Crippen molar-refractivity contribution in [3.8, 4) is 5.75 Å². The number of hydrogen-bond acceptors (Lipinski definition) is 2. The number of hydrogen-bond donors (Lipinski definition) is 1. The third kappa shape index (κ3) is 3.39. The molecule has 0 heterocycles. The summed E-state index contributed by atoms with van der Waals surface area (Å²) in [5.41, 5.74) is 3.17. The third-order valence-electron chi connectivity index (χ3n) is 3.12. The first-order valence-electron chi connectivity index (χ1n) is 5.87. The van der Waals surface area contributed by atoms with E-state index in [2.05, 4.69) is 31.3 Å².